The van der Waals surface area contributed by atoms with Crippen molar-refractivity contribution >= 4 is 5.91 Å². The van der Waals surface area contributed by atoms with Gasteiger partial charge in [-0.3, -0.25) is 4.79 Å². The third-order valence-electron chi connectivity index (χ3n) is 5.43. The molecule has 0 aromatic heterocycles. The van der Waals surface area contributed by atoms with E-state index in [0.29, 0.717) is 17.9 Å². The first-order chi connectivity index (χ1) is 11.1. The van der Waals surface area contributed by atoms with Crippen molar-refractivity contribution in [1.82, 2.24) is 10.2 Å². The first-order valence-electron chi connectivity index (χ1n) is 8.58. The van der Waals surface area contributed by atoms with Crippen molar-refractivity contribution in [1.29, 1.82) is 0 Å². The molecule has 1 aromatic rings. The molecule has 124 valence electrons. The van der Waals surface area contributed by atoms with Crippen molar-refractivity contribution < 1.29 is 13.6 Å². The first kappa shape index (κ1) is 15.1. The summed E-state index contributed by atoms with van der Waals surface area (Å²) >= 11 is 0. The minimum absolute atomic E-state index is 0.0172. The summed E-state index contributed by atoms with van der Waals surface area (Å²) in [6.45, 7) is 2.96. The molecular formula is C18H22F2N2O. The van der Waals surface area contributed by atoms with Crippen LogP contribution in [0.4, 0.5) is 8.78 Å². The van der Waals surface area contributed by atoms with Crippen molar-refractivity contribution in [2.24, 2.45) is 11.8 Å². The lowest BCUT2D eigenvalue weighted by Gasteiger charge is -2.15. The van der Waals surface area contributed by atoms with Gasteiger partial charge in [0.2, 0.25) is 5.91 Å². The third-order valence-corrected chi connectivity index (χ3v) is 5.43. The van der Waals surface area contributed by atoms with E-state index in [4.69, 9.17) is 0 Å². The quantitative estimate of drug-likeness (QED) is 0.905. The van der Waals surface area contributed by atoms with Gasteiger partial charge in [0, 0.05) is 31.1 Å². The zero-order chi connectivity index (χ0) is 16.0. The Bertz CT molecular complexity index is 617. The van der Waals surface area contributed by atoms with Gasteiger partial charge in [0.25, 0.3) is 0 Å². The lowest BCUT2D eigenvalue weighted by molar-refractivity contribution is -0.122. The van der Waals surface area contributed by atoms with E-state index >= 15 is 0 Å². The zero-order valence-electron chi connectivity index (χ0n) is 13.1. The average Bonchev–Trinajstić information content (AvgIpc) is 3.44. The van der Waals surface area contributed by atoms with E-state index in [9.17, 15) is 13.6 Å². The maximum absolute atomic E-state index is 13.8. The van der Waals surface area contributed by atoms with Gasteiger partial charge in [-0.05, 0) is 55.7 Å². The van der Waals surface area contributed by atoms with Crippen LogP contribution in [0.3, 0.4) is 0 Å². The number of amides is 1. The second kappa shape index (κ2) is 5.86. The van der Waals surface area contributed by atoms with Crippen LogP contribution in [0.5, 0.6) is 0 Å². The molecule has 23 heavy (non-hydrogen) atoms. The Kier molecular flexibility index (Phi) is 3.84. The predicted octanol–water partition coefficient (Wildman–Crippen LogP) is 2.67. The van der Waals surface area contributed by atoms with Crippen molar-refractivity contribution in [3.8, 4) is 0 Å². The predicted molar refractivity (Wildman–Crippen MR) is 82.9 cm³/mol. The summed E-state index contributed by atoms with van der Waals surface area (Å²) in [4.78, 5) is 14.8. The SMILES string of the molecule is O=C(NC[C@H]1CCN(C2CC2)C1)[C@@H]1C[C@@H]1c1ccc(F)cc1F. The van der Waals surface area contributed by atoms with Crippen LogP contribution in [0.1, 0.15) is 37.2 Å². The topological polar surface area (TPSA) is 32.3 Å². The molecule has 0 bridgehead atoms. The van der Waals surface area contributed by atoms with Crippen LogP contribution in [0.25, 0.3) is 0 Å². The van der Waals surface area contributed by atoms with Gasteiger partial charge in [-0.25, -0.2) is 8.78 Å². The van der Waals surface area contributed by atoms with Gasteiger partial charge in [0.15, 0.2) is 0 Å². The van der Waals surface area contributed by atoms with E-state index in [2.05, 4.69) is 10.2 Å². The van der Waals surface area contributed by atoms with E-state index in [1.807, 2.05) is 0 Å². The summed E-state index contributed by atoms with van der Waals surface area (Å²) in [6, 6.07) is 4.42. The molecule has 1 aromatic carbocycles. The maximum atomic E-state index is 13.8. The lowest BCUT2D eigenvalue weighted by Crippen LogP contribution is -2.32. The van der Waals surface area contributed by atoms with Gasteiger partial charge < -0.3 is 10.2 Å². The number of hydrogen-bond acceptors (Lipinski definition) is 2. The van der Waals surface area contributed by atoms with E-state index in [1.165, 1.54) is 25.0 Å². The van der Waals surface area contributed by atoms with Crippen LogP contribution < -0.4 is 5.32 Å². The standard InChI is InChI=1S/C18H22F2N2O/c19-12-1-4-14(17(20)7-12)15-8-16(15)18(23)21-9-11-5-6-22(10-11)13-2-3-13/h1,4,7,11,13,15-16H,2-3,5-6,8-10H2,(H,21,23)/t11-,15-,16-/m1/s1. The molecule has 0 spiro atoms. The zero-order valence-corrected chi connectivity index (χ0v) is 13.1. The number of likely N-dealkylation sites (tertiary alicyclic amines) is 1. The highest BCUT2D eigenvalue weighted by atomic mass is 19.1. The normalized spacial score (nSPS) is 30.4. The average molecular weight is 320 g/mol. The Hall–Kier alpha value is -1.49. The fourth-order valence-electron chi connectivity index (χ4n) is 3.81. The summed E-state index contributed by atoms with van der Waals surface area (Å²) in [5.74, 6) is -0.809. The van der Waals surface area contributed by atoms with E-state index < -0.39 is 11.6 Å². The van der Waals surface area contributed by atoms with E-state index in [1.54, 1.807) is 0 Å². The summed E-state index contributed by atoms with van der Waals surface area (Å²) in [7, 11) is 0. The monoisotopic (exact) mass is 320 g/mol. The van der Waals surface area contributed by atoms with Crippen LogP contribution >= 0.6 is 0 Å². The summed E-state index contributed by atoms with van der Waals surface area (Å²) in [5.41, 5.74) is 0.465. The number of nitrogens with zero attached hydrogens (tertiary/aromatic N) is 1. The lowest BCUT2D eigenvalue weighted by atomic mass is 10.1. The van der Waals surface area contributed by atoms with Crippen molar-refractivity contribution in [3.05, 3.63) is 35.4 Å². The first-order valence-corrected chi connectivity index (χ1v) is 8.58. The minimum Gasteiger partial charge on any atom is -0.356 e. The van der Waals surface area contributed by atoms with Crippen LogP contribution in [0, 0.1) is 23.5 Å². The van der Waals surface area contributed by atoms with Gasteiger partial charge >= 0.3 is 0 Å². The molecular weight excluding hydrogens is 298 g/mol. The van der Waals surface area contributed by atoms with Gasteiger partial charge in [0.05, 0.1) is 0 Å². The molecule has 1 heterocycles. The fraction of sp³-hybridized carbons (Fsp3) is 0.611. The van der Waals surface area contributed by atoms with Crippen LogP contribution in [-0.4, -0.2) is 36.5 Å². The second-order valence-corrected chi connectivity index (χ2v) is 7.24. The molecule has 0 unspecified atom stereocenters. The van der Waals surface area contributed by atoms with E-state index in [0.717, 1.165) is 38.2 Å². The number of hydrogen-bond donors (Lipinski definition) is 1. The van der Waals surface area contributed by atoms with Crippen LogP contribution in [-0.2, 0) is 4.79 Å². The molecule has 3 atom stereocenters. The molecule has 3 aliphatic rings. The second-order valence-electron chi connectivity index (χ2n) is 7.24. The Balaban J connectivity index is 1.26. The molecule has 1 aliphatic heterocycles. The summed E-state index contributed by atoms with van der Waals surface area (Å²) < 4.78 is 26.7. The Labute approximate surface area is 135 Å². The molecule has 2 saturated carbocycles. The number of rotatable bonds is 5. The largest absolute Gasteiger partial charge is 0.356 e. The Morgan fingerprint density at radius 2 is 2.09 bits per heavy atom. The van der Waals surface area contributed by atoms with Gasteiger partial charge in [0.1, 0.15) is 11.6 Å². The highest BCUT2D eigenvalue weighted by Crippen LogP contribution is 2.48. The number of benzene rings is 1. The van der Waals surface area contributed by atoms with Crippen molar-refractivity contribution in [2.45, 2.75) is 37.6 Å². The fourth-order valence-corrected chi connectivity index (χ4v) is 3.81. The van der Waals surface area contributed by atoms with Crippen molar-refractivity contribution in [3.63, 3.8) is 0 Å². The summed E-state index contributed by atoms with van der Waals surface area (Å²) in [5, 5.41) is 3.03. The van der Waals surface area contributed by atoms with Crippen LogP contribution in [0.2, 0.25) is 0 Å². The van der Waals surface area contributed by atoms with Gasteiger partial charge in [-0.15, -0.1) is 0 Å². The number of carbonyl (C=O) groups is 1. The van der Waals surface area contributed by atoms with Gasteiger partial charge in [-0.2, -0.15) is 0 Å². The van der Waals surface area contributed by atoms with E-state index in [-0.39, 0.29) is 17.7 Å². The number of halogens is 2. The third kappa shape index (κ3) is 3.25. The molecule has 1 saturated heterocycles. The molecule has 5 heteroatoms. The molecule has 3 nitrogen and oxygen atoms in total. The maximum Gasteiger partial charge on any atom is 0.223 e. The van der Waals surface area contributed by atoms with Crippen LogP contribution in [0.15, 0.2) is 18.2 Å². The number of nitrogens with one attached hydrogen (secondary N) is 1. The Morgan fingerprint density at radius 3 is 2.83 bits per heavy atom. The van der Waals surface area contributed by atoms with Gasteiger partial charge in [-0.1, -0.05) is 6.07 Å². The smallest absolute Gasteiger partial charge is 0.223 e. The Morgan fingerprint density at radius 1 is 1.26 bits per heavy atom. The summed E-state index contributed by atoms with van der Waals surface area (Å²) in [6.07, 6.45) is 4.46. The molecule has 1 amide bonds. The minimum atomic E-state index is -0.575. The molecule has 3 fully saturated rings. The van der Waals surface area contributed by atoms with Crippen molar-refractivity contribution in [2.75, 3.05) is 19.6 Å². The molecule has 2 aliphatic carbocycles. The molecule has 1 N–H and O–H groups in total. The molecule has 0 radical (unpaired) electrons. The molecule has 4 rings (SSSR count). The number of carbonyl (C=O) groups excluding carboxylic acids is 1. The highest BCUT2D eigenvalue weighted by molar-refractivity contribution is 5.82. The highest BCUT2D eigenvalue weighted by Gasteiger charge is 2.45.